The van der Waals surface area contributed by atoms with Gasteiger partial charge >= 0.3 is 11.9 Å². The van der Waals surface area contributed by atoms with Crippen LogP contribution in [0, 0.1) is 16.0 Å². The van der Waals surface area contributed by atoms with Crippen LogP contribution in [0.15, 0.2) is 12.3 Å². The molecule has 1 aliphatic rings. The molecule has 8 nitrogen and oxygen atoms in total. The lowest BCUT2D eigenvalue weighted by Gasteiger charge is -2.33. The smallest absolute Gasteiger partial charge is 0.410 e. The zero-order valence-electron chi connectivity index (χ0n) is 13.9. The molecule has 2 heterocycles. The van der Waals surface area contributed by atoms with E-state index in [-0.39, 0.29) is 11.9 Å². The molecule has 0 radical (unpaired) electrons. The Morgan fingerprint density at radius 3 is 2.65 bits per heavy atom. The molecule has 0 spiro atoms. The summed E-state index contributed by atoms with van der Waals surface area (Å²) in [5.74, 6) is 0.466. The lowest BCUT2D eigenvalue weighted by Crippen LogP contribution is -2.41. The number of nitro groups is 1. The summed E-state index contributed by atoms with van der Waals surface area (Å²) >= 11 is 0. The minimum atomic E-state index is -0.479. The van der Waals surface area contributed by atoms with Crippen molar-refractivity contribution in [2.75, 3.05) is 13.1 Å². The van der Waals surface area contributed by atoms with Crippen LogP contribution in [0.25, 0.3) is 0 Å². The second-order valence-corrected chi connectivity index (χ2v) is 6.87. The summed E-state index contributed by atoms with van der Waals surface area (Å²) in [6, 6.07) is 1.41. The Hall–Kier alpha value is -2.12. The van der Waals surface area contributed by atoms with E-state index in [2.05, 4.69) is 5.10 Å². The lowest BCUT2D eigenvalue weighted by molar-refractivity contribution is -0.392. The number of ether oxygens (including phenoxy) is 1. The first-order chi connectivity index (χ1) is 10.8. The Bertz CT molecular complexity index is 556. The molecule has 8 heteroatoms. The van der Waals surface area contributed by atoms with Crippen molar-refractivity contribution in [3.05, 3.63) is 22.4 Å². The predicted octanol–water partition coefficient (Wildman–Crippen LogP) is 2.83. The van der Waals surface area contributed by atoms with E-state index < -0.39 is 10.5 Å². The molecule has 0 aliphatic carbocycles. The van der Waals surface area contributed by atoms with Gasteiger partial charge in [0.15, 0.2) is 0 Å². The Balaban J connectivity index is 1.78. The number of hydrogen-bond acceptors (Lipinski definition) is 5. The first kappa shape index (κ1) is 17.2. The van der Waals surface area contributed by atoms with Crippen LogP contribution in [0.5, 0.6) is 0 Å². The number of nitrogens with zero attached hydrogens (tertiary/aromatic N) is 4. The van der Waals surface area contributed by atoms with E-state index in [0.717, 1.165) is 19.3 Å². The van der Waals surface area contributed by atoms with Crippen LogP contribution >= 0.6 is 0 Å². The SMILES string of the molecule is CC(C)(C)OC(=O)N1CCC(CCn2nccc2[N+](=O)[O-])CC1. The van der Waals surface area contributed by atoms with Crippen LogP contribution in [0.4, 0.5) is 10.6 Å². The first-order valence-electron chi connectivity index (χ1n) is 7.90. The van der Waals surface area contributed by atoms with Crippen LogP contribution in [-0.4, -0.2) is 44.4 Å². The molecule has 23 heavy (non-hydrogen) atoms. The number of amides is 1. The highest BCUT2D eigenvalue weighted by molar-refractivity contribution is 5.68. The van der Waals surface area contributed by atoms with Gasteiger partial charge in [0.05, 0.1) is 12.3 Å². The van der Waals surface area contributed by atoms with Gasteiger partial charge < -0.3 is 19.8 Å². The second-order valence-electron chi connectivity index (χ2n) is 6.87. The van der Waals surface area contributed by atoms with Gasteiger partial charge in [0.25, 0.3) is 0 Å². The van der Waals surface area contributed by atoms with Gasteiger partial charge in [-0.05, 0) is 50.9 Å². The van der Waals surface area contributed by atoms with Gasteiger partial charge in [0, 0.05) is 13.1 Å². The van der Waals surface area contributed by atoms with Crippen molar-refractivity contribution in [2.24, 2.45) is 5.92 Å². The van der Waals surface area contributed by atoms with Crippen molar-refractivity contribution < 1.29 is 14.5 Å². The number of aromatic nitrogens is 2. The third-order valence-electron chi connectivity index (χ3n) is 3.90. The summed E-state index contributed by atoms with van der Waals surface area (Å²) in [5, 5.41) is 14.8. The molecular weight excluding hydrogens is 300 g/mol. The molecular formula is C15H24N4O4. The van der Waals surface area contributed by atoms with E-state index in [4.69, 9.17) is 4.74 Å². The Morgan fingerprint density at radius 1 is 1.43 bits per heavy atom. The van der Waals surface area contributed by atoms with Gasteiger partial charge in [-0.15, -0.1) is 4.68 Å². The normalized spacial score (nSPS) is 16.4. The summed E-state index contributed by atoms with van der Waals surface area (Å²) in [6.45, 7) is 7.43. The molecule has 0 atom stereocenters. The van der Waals surface area contributed by atoms with Crippen molar-refractivity contribution in [2.45, 2.75) is 52.2 Å². The highest BCUT2D eigenvalue weighted by atomic mass is 16.6. The molecule has 128 valence electrons. The molecule has 1 amide bonds. The first-order valence-corrected chi connectivity index (χ1v) is 7.90. The number of piperidine rings is 1. The minimum Gasteiger partial charge on any atom is -0.444 e. The molecule has 1 aliphatic heterocycles. The van der Waals surface area contributed by atoms with Gasteiger partial charge in [-0.1, -0.05) is 5.10 Å². The zero-order valence-corrected chi connectivity index (χ0v) is 13.9. The molecule has 2 rings (SSSR count). The minimum absolute atomic E-state index is 0.0243. The van der Waals surface area contributed by atoms with E-state index in [9.17, 15) is 14.9 Å². The van der Waals surface area contributed by atoms with Crippen LogP contribution in [0.1, 0.15) is 40.0 Å². The van der Waals surface area contributed by atoms with E-state index in [1.54, 1.807) is 4.90 Å². The monoisotopic (exact) mass is 324 g/mol. The van der Waals surface area contributed by atoms with Crippen molar-refractivity contribution in [3.63, 3.8) is 0 Å². The number of rotatable bonds is 4. The third kappa shape index (κ3) is 4.94. The van der Waals surface area contributed by atoms with Crippen LogP contribution in [0.2, 0.25) is 0 Å². The maximum Gasteiger partial charge on any atom is 0.410 e. The van der Waals surface area contributed by atoms with Gasteiger partial charge in [-0.3, -0.25) is 0 Å². The third-order valence-corrected chi connectivity index (χ3v) is 3.90. The van der Waals surface area contributed by atoms with Crippen LogP contribution < -0.4 is 0 Å². The number of carbonyl (C=O) groups excluding carboxylic acids is 1. The summed E-state index contributed by atoms with van der Waals surface area (Å²) in [5.41, 5.74) is -0.479. The Morgan fingerprint density at radius 2 is 2.09 bits per heavy atom. The van der Waals surface area contributed by atoms with Crippen molar-refractivity contribution in [1.82, 2.24) is 14.7 Å². The molecule has 0 aromatic carbocycles. The fraction of sp³-hybridized carbons (Fsp3) is 0.733. The van der Waals surface area contributed by atoms with Crippen molar-refractivity contribution in [3.8, 4) is 0 Å². The molecule has 0 unspecified atom stereocenters. The number of carbonyl (C=O) groups is 1. The van der Waals surface area contributed by atoms with Crippen LogP contribution in [0.3, 0.4) is 0 Å². The predicted molar refractivity (Wildman–Crippen MR) is 84.0 cm³/mol. The molecule has 0 bridgehead atoms. The Kier molecular flexibility index (Phi) is 5.23. The number of hydrogen-bond donors (Lipinski definition) is 0. The lowest BCUT2D eigenvalue weighted by atomic mass is 9.94. The zero-order chi connectivity index (χ0) is 17.0. The largest absolute Gasteiger partial charge is 0.444 e. The van der Waals surface area contributed by atoms with Crippen molar-refractivity contribution in [1.29, 1.82) is 0 Å². The van der Waals surface area contributed by atoms with Gasteiger partial charge in [-0.2, -0.15) is 0 Å². The van der Waals surface area contributed by atoms with E-state index in [1.165, 1.54) is 16.9 Å². The van der Waals surface area contributed by atoms with Gasteiger partial charge in [0.2, 0.25) is 0 Å². The topological polar surface area (TPSA) is 90.5 Å². The number of aryl methyl sites for hydroxylation is 1. The second kappa shape index (κ2) is 6.97. The van der Waals surface area contributed by atoms with E-state index in [1.807, 2.05) is 20.8 Å². The molecule has 1 saturated heterocycles. The average molecular weight is 324 g/mol. The maximum atomic E-state index is 12.0. The summed E-state index contributed by atoms with van der Waals surface area (Å²) in [7, 11) is 0. The van der Waals surface area contributed by atoms with Crippen molar-refractivity contribution >= 4 is 11.9 Å². The molecule has 1 fully saturated rings. The number of likely N-dealkylation sites (tertiary alicyclic amines) is 1. The van der Waals surface area contributed by atoms with E-state index >= 15 is 0 Å². The van der Waals surface area contributed by atoms with Gasteiger partial charge in [-0.25, -0.2) is 4.79 Å². The van der Waals surface area contributed by atoms with Crippen LogP contribution in [-0.2, 0) is 11.3 Å². The van der Waals surface area contributed by atoms with E-state index in [0.29, 0.717) is 25.6 Å². The van der Waals surface area contributed by atoms with Gasteiger partial charge in [0.1, 0.15) is 12.1 Å². The molecule has 1 aromatic rings. The summed E-state index contributed by atoms with van der Waals surface area (Å²) < 4.78 is 6.80. The molecule has 1 aromatic heterocycles. The molecule has 0 N–H and O–H groups in total. The standard InChI is InChI=1S/C15H24N4O4/c1-15(2,3)23-14(20)17-9-5-12(6-10-17)7-11-18-13(19(21)22)4-8-16-18/h4,8,12H,5-7,9-11H2,1-3H3. The fourth-order valence-electron chi connectivity index (χ4n) is 2.69. The quantitative estimate of drug-likeness (QED) is 0.627. The Labute approximate surface area is 135 Å². The highest BCUT2D eigenvalue weighted by Gasteiger charge is 2.27. The molecule has 0 saturated carbocycles. The summed E-state index contributed by atoms with van der Waals surface area (Å²) in [4.78, 5) is 24.2. The highest BCUT2D eigenvalue weighted by Crippen LogP contribution is 2.23. The summed E-state index contributed by atoms with van der Waals surface area (Å²) in [6.07, 6.45) is 3.77. The maximum absolute atomic E-state index is 12.0. The fourth-order valence-corrected chi connectivity index (χ4v) is 2.69. The average Bonchev–Trinajstić information content (AvgIpc) is 2.92.